The molecule has 0 atom stereocenters. The maximum Gasteiger partial charge on any atom is 0.331 e. The van der Waals surface area contributed by atoms with Crippen LogP contribution in [0.4, 0.5) is 5.69 Å². The summed E-state index contributed by atoms with van der Waals surface area (Å²) in [6.45, 7) is 1.63. The van der Waals surface area contributed by atoms with Gasteiger partial charge in [0.25, 0.3) is 5.56 Å². The normalized spacial score (nSPS) is 12.2. The summed E-state index contributed by atoms with van der Waals surface area (Å²) in [6.07, 6.45) is 1.90. The number of carbonyl (C=O) groups is 2. The molecule has 2 aromatic rings. The van der Waals surface area contributed by atoms with Crippen LogP contribution >= 0.6 is 0 Å². The number of carbonyl (C=O) groups excluding carboxylic acids is 2. The van der Waals surface area contributed by atoms with E-state index >= 15 is 0 Å². The first-order valence-corrected chi connectivity index (χ1v) is 9.75. The van der Waals surface area contributed by atoms with Crippen LogP contribution in [0.3, 0.4) is 0 Å². The minimum Gasteiger partial charge on any atom is -0.335 e. The van der Waals surface area contributed by atoms with Crippen LogP contribution in [0.2, 0.25) is 0 Å². The fourth-order valence-electron chi connectivity index (χ4n) is 3.59. The first-order valence-electron chi connectivity index (χ1n) is 9.75. The molecule has 0 radical (unpaired) electrons. The molecule has 2 amide bonds. The highest BCUT2D eigenvalue weighted by Crippen LogP contribution is 2.15. The molecule has 1 aliphatic rings. The Morgan fingerprint density at radius 1 is 1.27 bits per heavy atom. The van der Waals surface area contributed by atoms with Crippen LogP contribution in [0.1, 0.15) is 30.2 Å². The summed E-state index contributed by atoms with van der Waals surface area (Å²) < 4.78 is 2.15. The van der Waals surface area contributed by atoms with E-state index in [1.807, 2.05) is 31.2 Å². The van der Waals surface area contributed by atoms with Crippen molar-refractivity contribution in [2.45, 2.75) is 39.3 Å². The van der Waals surface area contributed by atoms with Crippen LogP contribution in [0, 0.1) is 11.3 Å². The molecule has 156 valence electrons. The molecule has 3 rings (SSSR count). The molecule has 0 saturated carbocycles. The van der Waals surface area contributed by atoms with E-state index in [-0.39, 0.29) is 18.0 Å². The van der Waals surface area contributed by atoms with Crippen molar-refractivity contribution in [3.8, 4) is 6.07 Å². The number of nitrogens with one attached hydrogen (secondary N) is 1. The predicted octanol–water partition coefficient (Wildman–Crippen LogP) is 0.487. The Hall–Kier alpha value is -3.67. The number of aromatic nitrogens is 2. The Morgan fingerprint density at radius 3 is 2.70 bits per heavy atom. The lowest BCUT2D eigenvalue weighted by atomic mass is 10.1. The van der Waals surface area contributed by atoms with E-state index in [0.717, 1.165) is 21.5 Å². The van der Waals surface area contributed by atoms with Gasteiger partial charge in [0.1, 0.15) is 18.2 Å². The van der Waals surface area contributed by atoms with Crippen molar-refractivity contribution in [1.82, 2.24) is 14.0 Å². The standard InChI is InChI=1S/C21H23N5O4/c1-3-14-7-4-5-8-16(14)23-18(27)12-24(2)19(28)13-26-20(29)15(11-22)17-9-6-10-25(17)21(26)30/h4-5,7-8H,3,6,9-10,12-13H2,1-2H3,(H,23,27). The van der Waals surface area contributed by atoms with Crippen molar-refractivity contribution in [1.29, 1.82) is 5.26 Å². The van der Waals surface area contributed by atoms with Crippen LogP contribution in [0.5, 0.6) is 0 Å². The molecule has 30 heavy (non-hydrogen) atoms. The average molecular weight is 409 g/mol. The molecule has 0 saturated heterocycles. The average Bonchev–Trinajstić information content (AvgIpc) is 3.21. The van der Waals surface area contributed by atoms with Crippen LogP contribution in [0.15, 0.2) is 33.9 Å². The van der Waals surface area contributed by atoms with Crippen LogP contribution in [-0.4, -0.2) is 39.4 Å². The smallest absolute Gasteiger partial charge is 0.331 e. The van der Waals surface area contributed by atoms with Crippen LogP contribution in [-0.2, 0) is 35.5 Å². The van der Waals surface area contributed by atoms with Gasteiger partial charge in [0.15, 0.2) is 0 Å². The molecule has 1 aromatic carbocycles. The van der Waals surface area contributed by atoms with Gasteiger partial charge < -0.3 is 10.2 Å². The maximum atomic E-state index is 12.6. The third-order valence-electron chi connectivity index (χ3n) is 5.21. The Morgan fingerprint density at radius 2 is 2.00 bits per heavy atom. The molecule has 1 aliphatic heterocycles. The van der Waals surface area contributed by atoms with Crippen LogP contribution in [0.25, 0.3) is 0 Å². The highest BCUT2D eigenvalue weighted by atomic mass is 16.2. The van der Waals surface area contributed by atoms with Gasteiger partial charge in [-0.2, -0.15) is 5.26 Å². The summed E-state index contributed by atoms with van der Waals surface area (Å²) in [5.41, 5.74) is 0.613. The summed E-state index contributed by atoms with van der Waals surface area (Å²) in [5, 5.41) is 12.1. The second-order valence-electron chi connectivity index (χ2n) is 7.17. The number of hydrogen-bond acceptors (Lipinski definition) is 5. The van der Waals surface area contributed by atoms with E-state index in [2.05, 4.69) is 5.32 Å². The van der Waals surface area contributed by atoms with Gasteiger partial charge in [0.2, 0.25) is 11.8 Å². The van der Waals surface area contributed by atoms with E-state index in [1.54, 1.807) is 6.07 Å². The van der Waals surface area contributed by atoms with Gasteiger partial charge >= 0.3 is 5.69 Å². The summed E-state index contributed by atoms with van der Waals surface area (Å²) in [6, 6.07) is 9.24. The van der Waals surface area contributed by atoms with Gasteiger partial charge in [-0.3, -0.25) is 19.0 Å². The number of rotatable bonds is 6. The van der Waals surface area contributed by atoms with Crippen molar-refractivity contribution >= 4 is 17.5 Å². The highest BCUT2D eigenvalue weighted by molar-refractivity contribution is 5.95. The number of fused-ring (bicyclic) bond motifs is 1. The zero-order valence-corrected chi connectivity index (χ0v) is 17.0. The topological polar surface area (TPSA) is 117 Å². The van der Waals surface area contributed by atoms with E-state index in [9.17, 15) is 24.4 Å². The third-order valence-corrected chi connectivity index (χ3v) is 5.21. The van der Waals surface area contributed by atoms with E-state index in [4.69, 9.17) is 0 Å². The van der Waals surface area contributed by atoms with Gasteiger partial charge in [-0.25, -0.2) is 9.36 Å². The van der Waals surface area contributed by atoms with Crippen molar-refractivity contribution in [2.24, 2.45) is 0 Å². The predicted molar refractivity (Wildman–Crippen MR) is 110 cm³/mol. The van der Waals surface area contributed by atoms with E-state index in [0.29, 0.717) is 30.8 Å². The molecule has 2 heterocycles. The molecule has 0 bridgehead atoms. The number of hydrogen-bond donors (Lipinski definition) is 1. The molecule has 0 spiro atoms. The number of benzene rings is 1. The van der Waals surface area contributed by atoms with Gasteiger partial charge in [-0.1, -0.05) is 25.1 Å². The minimum absolute atomic E-state index is 0.100. The monoisotopic (exact) mass is 409 g/mol. The summed E-state index contributed by atoms with van der Waals surface area (Å²) in [4.78, 5) is 51.2. The first kappa shape index (κ1) is 21.0. The number of amides is 2. The molecular formula is C21H23N5O4. The fourth-order valence-corrected chi connectivity index (χ4v) is 3.59. The number of nitriles is 1. The summed E-state index contributed by atoms with van der Waals surface area (Å²) >= 11 is 0. The maximum absolute atomic E-state index is 12.6. The van der Waals surface area contributed by atoms with Crippen molar-refractivity contribution in [3.63, 3.8) is 0 Å². The lowest BCUT2D eigenvalue weighted by Gasteiger charge is -2.18. The number of likely N-dealkylation sites (N-methyl/N-ethyl adjacent to an activating group) is 1. The molecule has 0 aliphatic carbocycles. The zero-order chi connectivity index (χ0) is 21.8. The Labute approximate surface area is 173 Å². The number of para-hydroxylation sites is 1. The van der Waals surface area contributed by atoms with Gasteiger partial charge in [0, 0.05) is 25.0 Å². The summed E-state index contributed by atoms with van der Waals surface area (Å²) in [7, 11) is 1.43. The summed E-state index contributed by atoms with van der Waals surface area (Å²) in [5.74, 6) is -0.960. The molecule has 1 aromatic heterocycles. The Kier molecular flexibility index (Phi) is 6.16. The molecule has 1 N–H and O–H groups in total. The van der Waals surface area contributed by atoms with Crippen molar-refractivity contribution < 1.29 is 9.59 Å². The SMILES string of the molecule is CCc1ccccc1NC(=O)CN(C)C(=O)Cn1c(=O)c(C#N)c2n(c1=O)CCC2. The lowest BCUT2D eigenvalue weighted by molar-refractivity contribution is -0.133. The molecule has 0 unspecified atom stereocenters. The zero-order valence-electron chi connectivity index (χ0n) is 17.0. The number of anilines is 1. The second-order valence-corrected chi connectivity index (χ2v) is 7.17. The molecule has 0 fully saturated rings. The van der Waals surface area contributed by atoms with E-state index < -0.39 is 23.7 Å². The first-order chi connectivity index (χ1) is 14.4. The molecular weight excluding hydrogens is 386 g/mol. The number of aryl methyl sites for hydroxylation is 1. The van der Waals surface area contributed by atoms with Crippen LogP contribution < -0.4 is 16.6 Å². The highest BCUT2D eigenvalue weighted by Gasteiger charge is 2.24. The number of nitrogens with zero attached hydrogens (tertiary/aromatic N) is 4. The lowest BCUT2D eigenvalue weighted by Crippen LogP contribution is -2.46. The van der Waals surface area contributed by atoms with Crippen molar-refractivity contribution in [2.75, 3.05) is 18.9 Å². The third kappa shape index (κ3) is 4.03. The quantitative estimate of drug-likeness (QED) is 0.745. The van der Waals surface area contributed by atoms with Gasteiger partial charge in [-0.15, -0.1) is 0 Å². The largest absolute Gasteiger partial charge is 0.335 e. The minimum atomic E-state index is -0.765. The fraction of sp³-hybridized carbons (Fsp3) is 0.381. The van der Waals surface area contributed by atoms with Gasteiger partial charge in [0.05, 0.1) is 6.54 Å². The second kappa shape index (κ2) is 8.78. The van der Waals surface area contributed by atoms with Crippen molar-refractivity contribution in [3.05, 3.63) is 61.9 Å². The Balaban J connectivity index is 1.74. The molecule has 9 nitrogen and oxygen atoms in total. The Bertz CT molecular complexity index is 1160. The van der Waals surface area contributed by atoms with E-state index in [1.165, 1.54) is 11.6 Å². The molecule has 9 heteroatoms. The van der Waals surface area contributed by atoms with Gasteiger partial charge in [-0.05, 0) is 30.9 Å².